The third-order valence-electron chi connectivity index (χ3n) is 2.60. The van der Waals surface area contributed by atoms with Crippen molar-refractivity contribution in [1.29, 1.82) is 0 Å². The molecule has 13 heavy (non-hydrogen) atoms. The van der Waals surface area contributed by atoms with Crippen LogP contribution in [0.3, 0.4) is 0 Å². The number of hydrogen-bond acceptors (Lipinski definition) is 2. The maximum atomic E-state index is 5.05. The van der Waals surface area contributed by atoms with E-state index in [1.807, 2.05) is 0 Å². The van der Waals surface area contributed by atoms with Gasteiger partial charge >= 0.3 is 0 Å². The molecule has 0 atom stereocenters. The summed E-state index contributed by atoms with van der Waals surface area (Å²) in [6.07, 6.45) is 7.28. The van der Waals surface area contributed by atoms with Gasteiger partial charge in [-0.25, -0.2) is 0 Å². The number of nitrogens with zero attached hydrogens (tertiary/aromatic N) is 1. The highest BCUT2D eigenvalue weighted by atomic mass is 16.5. The van der Waals surface area contributed by atoms with E-state index in [4.69, 9.17) is 4.74 Å². The summed E-state index contributed by atoms with van der Waals surface area (Å²) in [5.74, 6) is 0. The van der Waals surface area contributed by atoms with Crippen LogP contribution in [-0.4, -0.2) is 38.8 Å². The molecule has 0 bridgehead atoms. The van der Waals surface area contributed by atoms with Crippen molar-refractivity contribution in [3.8, 4) is 0 Å². The van der Waals surface area contributed by atoms with Crippen LogP contribution in [0.1, 0.15) is 25.7 Å². The van der Waals surface area contributed by atoms with Crippen molar-refractivity contribution in [1.82, 2.24) is 4.90 Å². The summed E-state index contributed by atoms with van der Waals surface area (Å²) >= 11 is 0. The Labute approximate surface area is 81.6 Å². The van der Waals surface area contributed by atoms with Crippen molar-refractivity contribution in [2.24, 2.45) is 0 Å². The van der Waals surface area contributed by atoms with Crippen LogP contribution in [0.2, 0.25) is 0 Å². The maximum absolute atomic E-state index is 5.05. The predicted molar refractivity (Wildman–Crippen MR) is 55.9 cm³/mol. The van der Waals surface area contributed by atoms with Crippen LogP contribution in [0.4, 0.5) is 0 Å². The molecule has 76 valence electrons. The molecule has 0 unspecified atom stereocenters. The van der Waals surface area contributed by atoms with E-state index in [0.29, 0.717) is 0 Å². The van der Waals surface area contributed by atoms with Gasteiger partial charge in [0.05, 0.1) is 0 Å². The predicted octanol–water partition coefficient (Wildman–Crippen LogP) is 2.06. The number of ether oxygens (including phenoxy) is 1. The first-order valence-electron chi connectivity index (χ1n) is 5.18. The quantitative estimate of drug-likeness (QED) is 0.488. The van der Waals surface area contributed by atoms with Gasteiger partial charge in [0.15, 0.2) is 0 Å². The summed E-state index contributed by atoms with van der Waals surface area (Å²) < 4.78 is 5.05. The van der Waals surface area contributed by atoms with Gasteiger partial charge < -0.3 is 9.64 Å². The van der Waals surface area contributed by atoms with Crippen molar-refractivity contribution in [3.63, 3.8) is 0 Å². The van der Waals surface area contributed by atoms with Gasteiger partial charge in [0.2, 0.25) is 0 Å². The Morgan fingerprint density at radius 3 is 3.08 bits per heavy atom. The van der Waals surface area contributed by atoms with E-state index in [2.05, 4.69) is 18.0 Å². The summed E-state index contributed by atoms with van der Waals surface area (Å²) in [4.78, 5) is 2.40. The third-order valence-corrected chi connectivity index (χ3v) is 2.60. The zero-order valence-electron chi connectivity index (χ0n) is 8.88. The van der Waals surface area contributed by atoms with Crippen LogP contribution >= 0.6 is 0 Å². The Morgan fingerprint density at radius 1 is 1.46 bits per heavy atom. The highest BCUT2D eigenvalue weighted by Gasteiger charge is 2.05. The SMILES string of the molecule is COCCCC1=CCCN(C)CC1. The average Bonchev–Trinajstić information content (AvgIpc) is 2.32. The Hall–Kier alpha value is -0.340. The first-order chi connectivity index (χ1) is 6.33. The topological polar surface area (TPSA) is 12.5 Å². The van der Waals surface area contributed by atoms with E-state index in [-0.39, 0.29) is 0 Å². The molecule has 0 fully saturated rings. The fourth-order valence-electron chi connectivity index (χ4n) is 1.71. The normalized spacial score (nSPS) is 19.7. The number of methoxy groups -OCH3 is 1. The summed E-state index contributed by atoms with van der Waals surface area (Å²) in [6.45, 7) is 3.33. The Morgan fingerprint density at radius 2 is 2.31 bits per heavy atom. The highest BCUT2D eigenvalue weighted by Crippen LogP contribution is 2.14. The summed E-state index contributed by atoms with van der Waals surface area (Å²) in [5, 5.41) is 0. The molecule has 2 heteroatoms. The molecule has 1 heterocycles. The average molecular weight is 183 g/mol. The monoisotopic (exact) mass is 183 g/mol. The molecule has 1 rings (SSSR count). The van der Waals surface area contributed by atoms with Gasteiger partial charge in [-0.05, 0) is 32.7 Å². The van der Waals surface area contributed by atoms with Gasteiger partial charge in [0.1, 0.15) is 0 Å². The van der Waals surface area contributed by atoms with Crippen molar-refractivity contribution in [2.75, 3.05) is 33.9 Å². The molecule has 0 aliphatic carbocycles. The minimum atomic E-state index is 0.896. The highest BCUT2D eigenvalue weighted by molar-refractivity contribution is 5.04. The minimum Gasteiger partial charge on any atom is -0.385 e. The molecule has 0 amide bonds. The van der Waals surface area contributed by atoms with Crippen molar-refractivity contribution in [2.45, 2.75) is 25.7 Å². The summed E-state index contributed by atoms with van der Waals surface area (Å²) in [7, 11) is 3.97. The van der Waals surface area contributed by atoms with Crippen molar-refractivity contribution < 1.29 is 4.74 Å². The van der Waals surface area contributed by atoms with Gasteiger partial charge in [-0.2, -0.15) is 0 Å². The number of hydrogen-bond donors (Lipinski definition) is 0. The maximum Gasteiger partial charge on any atom is 0.0465 e. The summed E-state index contributed by atoms with van der Waals surface area (Å²) in [5.41, 5.74) is 1.63. The van der Waals surface area contributed by atoms with E-state index >= 15 is 0 Å². The molecule has 0 saturated heterocycles. The molecule has 0 radical (unpaired) electrons. The first-order valence-corrected chi connectivity index (χ1v) is 5.18. The fourth-order valence-corrected chi connectivity index (χ4v) is 1.71. The van der Waals surface area contributed by atoms with Gasteiger partial charge in [0, 0.05) is 26.8 Å². The molecule has 0 N–H and O–H groups in total. The van der Waals surface area contributed by atoms with Crippen LogP contribution in [-0.2, 0) is 4.74 Å². The van der Waals surface area contributed by atoms with Crippen molar-refractivity contribution >= 4 is 0 Å². The second kappa shape index (κ2) is 6.17. The lowest BCUT2D eigenvalue weighted by Crippen LogP contribution is -2.18. The second-order valence-electron chi connectivity index (χ2n) is 3.80. The molecule has 0 spiro atoms. The van der Waals surface area contributed by atoms with Crippen molar-refractivity contribution in [3.05, 3.63) is 11.6 Å². The van der Waals surface area contributed by atoms with E-state index in [9.17, 15) is 0 Å². The second-order valence-corrected chi connectivity index (χ2v) is 3.80. The lowest BCUT2D eigenvalue weighted by Gasteiger charge is -2.12. The zero-order chi connectivity index (χ0) is 9.52. The number of rotatable bonds is 4. The molecular formula is C11H21NO. The van der Waals surface area contributed by atoms with Crippen LogP contribution in [0.5, 0.6) is 0 Å². The molecule has 0 aromatic rings. The third kappa shape index (κ3) is 4.44. The Bertz CT molecular complexity index is 165. The molecule has 0 saturated carbocycles. The lowest BCUT2D eigenvalue weighted by molar-refractivity contribution is 0.195. The van der Waals surface area contributed by atoms with Gasteiger partial charge in [-0.1, -0.05) is 11.6 Å². The largest absolute Gasteiger partial charge is 0.385 e. The Balaban J connectivity index is 2.20. The van der Waals surface area contributed by atoms with Crippen LogP contribution < -0.4 is 0 Å². The lowest BCUT2D eigenvalue weighted by atomic mass is 10.1. The fraction of sp³-hybridized carbons (Fsp3) is 0.818. The van der Waals surface area contributed by atoms with E-state index in [1.165, 1.54) is 38.8 Å². The molecule has 1 aliphatic rings. The zero-order valence-corrected chi connectivity index (χ0v) is 8.88. The van der Waals surface area contributed by atoms with E-state index < -0.39 is 0 Å². The van der Waals surface area contributed by atoms with Crippen LogP contribution in [0.25, 0.3) is 0 Å². The van der Waals surface area contributed by atoms with Gasteiger partial charge in [-0.3, -0.25) is 0 Å². The van der Waals surface area contributed by atoms with Crippen LogP contribution in [0, 0.1) is 0 Å². The molecule has 1 aliphatic heterocycles. The molecular weight excluding hydrogens is 162 g/mol. The smallest absolute Gasteiger partial charge is 0.0465 e. The van der Waals surface area contributed by atoms with E-state index in [0.717, 1.165) is 6.61 Å². The Kier molecular flexibility index (Phi) is 5.09. The van der Waals surface area contributed by atoms with Gasteiger partial charge in [-0.15, -0.1) is 0 Å². The molecule has 0 aromatic carbocycles. The first kappa shape index (κ1) is 10.7. The molecule has 2 nitrogen and oxygen atoms in total. The molecule has 0 aromatic heterocycles. The van der Waals surface area contributed by atoms with Crippen LogP contribution in [0.15, 0.2) is 11.6 Å². The minimum absolute atomic E-state index is 0.896. The van der Waals surface area contributed by atoms with Gasteiger partial charge in [0.25, 0.3) is 0 Å². The summed E-state index contributed by atoms with van der Waals surface area (Å²) in [6, 6.07) is 0. The standard InChI is InChI=1S/C11H21NO/c1-12-8-3-5-11(7-9-12)6-4-10-13-2/h5H,3-4,6-10H2,1-2H3. The van der Waals surface area contributed by atoms with E-state index in [1.54, 1.807) is 12.7 Å².